The van der Waals surface area contributed by atoms with Gasteiger partial charge in [-0.15, -0.1) is 0 Å². The number of aromatic nitrogens is 1. The highest BCUT2D eigenvalue weighted by atomic mass is 79.9. The number of pyridine rings is 1. The van der Waals surface area contributed by atoms with Gasteiger partial charge in [0, 0.05) is 15.6 Å². The first kappa shape index (κ1) is 21.6. The molecular formula is C23H17BrN4OS. The number of Topliss-reactive ketones (excluding diaryl/α,β-unsaturated/α-hetero) is 1. The third kappa shape index (κ3) is 4.38. The molecule has 7 heteroatoms. The molecule has 0 fully saturated rings. The number of nitriles is 2. The smallest absolute Gasteiger partial charge is 0.175 e. The standard InChI is InChI=1S/C23H17BrN4OS/c1-13-3-5-15(6-4-13)20-18(11-25)22(27)28-23(19(20)12-26)30-14(2)21(29)16-7-9-17(24)10-8-16/h3-10,14H,1-2H3,(H2,27,28). The Morgan fingerprint density at radius 1 is 1.07 bits per heavy atom. The van der Waals surface area contributed by atoms with Crippen molar-refractivity contribution in [3.8, 4) is 23.3 Å². The Balaban J connectivity index is 2.06. The average Bonchev–Trinajstić information content (AvgIpc) is 2.74. The molecule has 0 aliphatic carbocycles. The van der Waals surface area contributed by atoms with Crippen molar-refractivity contribution in [1.29, 1.82) is 10.5 Å². The van der Waals surface area contributed by atoms with Crippen LogP contribution in [0.15, 0.2) is 58.0 Å². The summed E-state index contributed by atoms with van der Waals surface area (Å²) in [6.45, 7) is 3.72. The molecular weight excluding hydrogens is 460 g/mol. The molecule has 1 aromatic heterocycles. The second-order valence-electron chi connectivity index (χ2n) is 6.65. The van der Waals surface area contributed by atoms with Gasteiger partial charge in [-0.25, -0.2) is 4.98 Å². The van der Waals surface area contributed by atoms with Crippen molar-refractivity contribution in [2.45, 2.75) is 24.1 Å². The van der Waals surface area contributed by atoms with Gasteiger partial charge in [-0.1, -0.05) is 69.7 Å². The van der Waals surface area contributed by atoms with E-state index >= 15 is 0 Å². The van der Waals surface area contributed by atoms with E-state index < -0.39 is 5.25 Å². The lowest BCUT2D eigenvalue weighted by atomic mass is 9.96. The molecule has 30 heavy (non-hydrogen) atoms. The largest absolute Gasteiger partial charge is 0.383 e. The number of rotatable bonds is 5. The van der Waals surface area contributed by atoms with Gasteiger partial charge in [0.1, 0.15) is 28.5 Å². The van der Waals surface area contributed by atoms with E-state index in [2.05, 4.69) is 33.1 Å². The molecule has 2 N–H and O–H groups in total. The van der Waals surface area contributed by atoms with E-state index in [-0.39, 0.29) is 22.7 Å². The first-order valence-corrected chi connectivity index (χ1v) is 10.7. The summed E-state index contributed by atoms with van der Waals surface area (Å²) in [5, 5.41) is 19.3. The number of nitrogens with zero attached hydrogens (tertiary/aromatic N) is 3. The van der Waals surface area contributed by atoms with Gasteiger partial charge in [-0.05, 0) is 31.5 Å². The zero-order valence-electron chi connectivity index (χ0n) is 16.3. The third-order valence-corrected chi connectivity index (χ3v) is 6.16. The first-order valence-electron chi connectivity index (χ1n) is 9.02. The number of thioether (sulfide) groups is 1. The highest BCUT2D eigenvalue weighted by Gasteiger charge is 2.24. The Bertz CT molecular complexity index is 1190. The predicted octanol–water partition coefficient (Wildman–Crippen LogP) is 5.51. The van der Waals surface area contributed by atoms with E-state index in [0.29, 0.717) is 21.7 Å². The van der Waals surface area contributed by atoms with Gasteiger partial charge < -0.3 is 5.73 Å². The summed E-state index contributed by atoms with van der Waals surface area (Å²) in [5.74, 6) is -0.0455. The number of aryl methyl sites for hydroxylation is 1. The maximum absolute atomic E-state index is 12.8. The lowest BCUT2D eigenvalue weighted by Crippen LogP contribution is -2.14. The number of ketones is 1. The van der Waals surface area contributed by atoms with Crippen molar-refractivity contribution >= 4 is 39.3 Å². The molecule has 0 amide bonds. The van der Waals surface area contributed by atoms with Gasteiger partial charge in [0.2, 0.25) is 0 Å². The number of carbonyl (C=O) groups excluding carboxylic acids is 1. The molecule has 1 atom stereocenters. The Morgan fingerprint density at radius 2 is 1.67 bits per heavy atom. The molecule has 3 aromatic rings. The fourth-order valence-electron chi connectivity index (χ4n) is 2.96. The summed E-state index contributed by atoms with van der Waals surface area (Å²) in [6, 6.07) is 18.8. The summed E-state index contributed by atoms with van der Waals surface area (Å²) in [5.41, 5.74) is 9.23. The number of benzene rings is 2. The summed E-state index contributed by atoms with van der Waals surface area (Å²) in [4.78, 5) is 17.1. The molecule has 148 valence electrons. The van der Waals surface area contributed by atoms with Gasteiger partial charge in [0.25, 0.3) is 0 Å². The Kier molecular flexibility index (Phi) is 6.56. The molecule has 1 unspecified atom stereocenters. The minimum atomic E-state index is -0.496. The molecule has 2 aromatic carbocycles. The van der Waals surface area contributed by atoms with Crippen LogP contribution in [0.25, 0.3) is 11.1 Å². The van der Waals surface area contributed by atoms with Crippen molar-refractivity contribution < 1.29 is 4.79 Å². The maximum atomic E-state index is 12.8. The van der Waals surface area contributed by atoms with E-state index in [1.54, 1.807) is 31.2 Å². The van der Waals surface area contributed by atoms with Gasteiger partial charge in [-0.2, -0.15) is 10.5 Å². The number of nitrogen functional groups attached to an aromatic ring is 1. The van der Waals surface area contributed by atoms with Crippen molar-refractivity contribution in [1.82, 2.24) is 4.98 Å². The summed E-state index contributed by atoms with van der Waals surface area (Å²) < 4.78 is 0.885. The van der Waals surface area contributed by atoms with Crippen LogP contribution in [0, 0.1) is 29.6 Å². The minimum Gasteiger partial charge on any atom is -0.383 e. The second-order valence-corrected chi connectivity index (χ2v) is 8.89. The van der Waals surface area contributed by atoms with E-state index in [1.807, 2.05) is 31.2 Å². The lowest BCUT2D eigenvalue weighted by molar-refractivity contribution is 0.0994. The minimum absolute atomic E-state index is 0.0397. The summed E-state index contributed by atoms with van der Waals surface area (Å²) in [6.07, 6.45) is 0. The van der Waals surface area contributed by atoms with Crippen LogP contribution in [0.5, 0.6) is 0 Å². The van der Waals surface area contributed by atoms with Crippen LogP contribution in [0.3, 0.4) is 0 Å². The van der Waals surface area contributed by atoms with Gasteiger partial charge in [0.05, 0.1) is 10.8 Å². The fraction of sp³-hybridized carbons (Fsp3) is 0.130. The molecule has 0 saturated carbocycles. The molecule has 3 rings (SSSR count). The first-order chi connectivity index (χ1) is 14.3. The molecule has 0 radical (unpaired) electrons. The number of hydrogen-bond acceptors (Lipinski definition) is 6. The fourth-order valence-corrected chi connectivity index (χ4v) is 4.22. The molecule has 5 nitrogen and oxygen atoms in total. The number of hydrogen-bond donors (Lipinski definition) is 1. The van der Waals surface area contributed by atoms with Crippen molar-refractivity contribution in [2.75, 3.05) is 5.73 Å². The van der Waals surface area contributed by atoms with Crippen molar-refractivity contribution in [3.05, 3.63) is 75.3 Å². The van der Waals surface area contributed by atoms with Crippen LogP contribution in [0.4, 0.5) is 5.82 Å². The average molecular weight is 477 g/mol. The van der Waals surface area contributed by atoms with E-state index in [9.17, 15) is 15.3 Å². The van der Waals surface area contributed by atoms with Crippen LogP contribution in [-0.4, -0.2) is 16.0 Å². The van der Waals surface area contributed by atoms with E-state index in [0.717, 1.165) is 21.8 Å². The topological polar surface area (TPSA) is 104 Å². The summed E-state index contributed by atoms with van der Waals surface area (Å²) in [7, 11) is 0. The molecule has 0 saturated heterocycles. The zero-order valence-corrected chi connectivity index (χ0v) is 18.7. The Labute approximate surface area is 187 Å². The summed E-state index contributed by atoms with van der Waals surface area (Å²) >= 11 is 4.52. The molecule has 0 spiro atoms. The Hall–Kier alpha value is -3.13. The Morgan fingerprint density at radius 3 is 2.23 bits per heavy atom. The normalized spacial score (nSPS) is 11.4. The van der Waals surface area contributed by atoms with Gasteiger partial charge in [0.15, 0.2) is 5.78 Å². The molecule has 0 aliphatic heterocycles. The zero-order chi connectivity index (χ0) is 21.8. The van der Waals surface area contributed by atoms with E-state index in [1.165, 1.54) is 0 Å². The quantitative estimate of drug-likeness (QED) is 0.384. The van der Waals surface area contributed by atoms with Crippen molar-refractivity contribution in [2.24, 2.45) is 0 Å². The second kappa shape index (κ2) is 9.13. The van der Waals surface area contributed by atoms with Crippen LogP contribution < -0.4 is 5.73 Å². The van der Waals surface area contributed by atoms with E-state index in [4.69, 9.17) is 5.73 Å². The lowest BCUT2D eigenvalue weighted by Gasteiger charge is -2.15. The number of anilines is 1. The van der Waals surface area contributed by atoms with Crippen molar-refractivity contribution in [3.63, 3.8) is 0 Å². The highest BCUT2D eigenvalue weighted by molar-refractivity contribution is 9.10. The van der Waals surface area contributed by atoms with Gasteiger partial charge >= 0.3 is 0 Å². The molecule has 0 bridgehead atoms. The number of nitrogens with two attached hydrogens (primary N) is 1. The molecule has 0 aliphatic rings. The maximum Gasteiger partial charge on any atom is 0.175 e. The molecule has 1 heterocycles. The van der Waals surface area contributed by atoms with Crippen LogP contribution in [0.1, 0.15) is 34.0 Å². The van der Waals surface area contributed by atoms with Crippen LogP contribution in [0.2, 0.25) is 0 Å². The van der Waals surface area contributed by atoms with Gasteiger partial charge in [-0.3, -0.25) is 4.79 Å². The number of halogens is 1. The SMILES string of the molecule is Cc1ccc(-c2c(C#N)c(N)nc(SC(C)C(=O)c3ccc(Br)cc3)c2C#N)cc1. The third-order valence-electron chi connectivity index (χ3n) is 4.54. The monoisotopic (exact) mass is 476 g/mol. The highest BCUT2D eigenvalue weighted by Crippen LogP contribution is 2.37. The predicted molar refractivity (Wildman–Crippen MR) is 122 cm³/mol. The number of carbonyl (C=O) groups is 1. The van der Waals surface area contributed by atoms with Crippen LogP contribution in [-0.2, 0) is 0 Å². The van der Waals surface area contributed by atoms with Crippen LogP contribution >= 0.6 is 27.7 Å².